The van der Waals surface area contributed by atoms with Gasteiger partial charge in [-0.2, -0.15) is 0 Å². The van der Waals surface area contributed by atoms with E-state index in [-0.39, 0.29) is 0 Å². The average Bonchev–Trinajstić information content (AvgIpc) is 3.17. The van der Waals surface area contributed by atoms with Gasteiger partial charge in [-0.3, -0.25) is 4.79 Å². The van der Waals surface area contributed by atoms with Crippen molar-refractivity contribution in [2.24, 2.45) is 0 Å². The van der Waals surface area contributed by atoms with Crippen molar-refractivity contribution < 1.29 is 19.4 Å². The van der Waals surface area contributed by atoms with Crippen LogP contribution in [0.15, 0.2) is 12.3 Å². The molecule has 1 aromatic heterocycles. The molecule has 104 valence electrons. The highest BCUT2D eigenvalue weighted by molar-refractivity contribution is 6.31. The van der Waals surface area contributed by atoms with Gasteiger partial charge in [-0.1, -0.05) is 11.6 Å². The molecule has 1 atom stereocenters. The van der Waals surface area contributed by atoms with Crippen molar-refractivity contribution >= 4 is 23.5 Å². The van der Waals surface area contributed by atoms with Crippen molar-refractivity contribution in [2.75, 3.05) is 13.7 Å². The van der Waals surface area contributed by atoms with E-state index in [0.717, 1.165) is 12.8 Å². The standard InChI is InChI=1S/C12H15ClN2O4/c1-19-12(18)9(6-16)14-11(17)10-4-7(13)5-15(10)8-2-3-8/h4-5,8-9,16H,2-3,6H2,1H3,(H,14,17). The van der Waals surface area contributed by atoms with E-state index in [9.17, 15) is 9.59 Å². The number of rotatable bonds is 5. The van der Waals surface area contributed by atoms with Gasteiger partial charge in [0.2, 0.25) is 0 Å². The molecule has 1 unspecified atom stereocenters. The van der Waals surface area contributed by atoms with Crippen LogP contribution >= 0.6 is 11.6 Å². The molecule has 2 rings (SSSR count). The van der Waals surface area contributed by atoms with Crippen LogP contribution < -0.4 is 5.32 Å². The number of aromatic nitrogens is 1. The Bertz CT molecular complexity index is 496. The molecule has 1 fully saturated rings. The lowest BCUT2D eigenvalue weighted by atomic mass is 10.3. The normalized spacial score (nSPS) is 15.9. The third-order valence-corrected chi connectivity index (χ3v) is 3.17. The second kappa shape index (κ2) is 5.63. The summed E-state index contributed by atoms with van der Waals surface area (Å²) < 4.78 is 6.28. The van der Waals surface area contributed by atoms with E-state index in [0.29, 0.717) is 16.8 Å². The first-order chi connectivity index (χ1) is 9.06. The van der Waals surface area contributed by atoms with Crippen LogP contribution in [0.1, 0.15) is 29.4 Å². The van der Waals surface area contributed by atoms with Crippen LogP contribution in [0.4, 0.5) is 0 Å². The fourth-order valence-electron chi connectivity index (χ4n) is 1.84. The molecule has 19 heavy (non-hydrogen) atoms. The Hall–Kier alpha value is -1.53. The minimum absolute atomic E-state index is 0.291. The summed E-state index contributed by atoms with van der Waals surface area (Å²) in [7, 11) is 1.20. The monoisotopic (exact) mass is 286 g/mol. The molecule has 0 spiro atoms. The lowest BCUT2D eigenvalue weighted by Crippen LogP contribution is -2.44. The predicted molar refractivity (Wildman–Crippen MR) is 68.1 cm³/mol. The Morgan fingerprint density at radius 3 is 2.84 bits per heavy atom. The van der Waals surface area contributed by atoms with Gasteiger partial charge in [0.1, 0.15) is 5.69 Å². The number of carbonyl (C=O) groups is 2. The van der Waals surface area contributed by atoms with E-state index in [4.69, 9.17) is 16.7 Å². The van der Waals surface area contributed by atoms with Crippen LogP contribution in [0.3, 0.4) is 0 Å². The van der Waals surface area contributed by atoms with Crippen molar-refractivity contribution in [3.63, 3.8) is 0 Å². The van der Waals surface area contributed by atoms with Crippen molar-refractivity contribution in [3.8, 4) is 0 Å². The number of aliphatic hydroxyl groups is 1. The van der Waals surface area contributed by atoms with Gasteiger partial charge in [-0.05, 0) is 18.9 Å². The van der Waals surface area contributed by atoms with Crippen LogP contribution in [-0.4, -0.2) is 41.3 Å². The lowest BCUT2D eigenvalue weighted by Gasteiger charge is -2.14. The van der Waals surface area contributed by atoms with Gasteiger partial charge < -0.3 is 19.7 Å². The summed E-state index contributed by atoms with van der Waals surface area (Å²) in [5.41, 5.74) is 0.384. The molecular formula is C12H15ClN2O4. The van der Waals surface area contributed by atoms with Crippen LogP contribution in [-0.2, 0) is 9.53 Å². The second-order valence-corrected chi connectivity index (χ2v) is 4.85. The van der Waals surface area contributed by atoms with Crippen molar-refractivity contribution in [3.05, 3.63) is 23.0 Å². The Kier molecular flexibility index (Phi) is 4.11. The highest BCUT2D eigenvalue weighted by atomic mass is 35.5. The van der Waals surface area contributed by atoms with Gasteiger partial charge in [0, 0.05) is 12.2 Å². The van der Waals surface area contributed by atoms with E-state index < -0.39 is 24.5 Å². The topological polar surface area (TPSA) is 80.6 Å². The molecule has 0 bridgehead atoms. The van der Waals surface area contributed by atoms with Crippen molar-refractivity contribution in [2.45, 2.75) is 24.9 Å². The molecule has 1 amide bonds. The highest BCUT2D eigenvalue weighted by Gasteiger charge is 2.29. The number of halogens is 1. The third kappa shape index (κ3) is 3.08. The van der Waals surface area contributed by atoms with Gasteiger partial charge in [-0.25, -0.2) is 4.79 Å². The molecule has 1 heterocycles. The number of nitrogens with one attached hydrogen (secondary N) is 1. The molecule has 1 aliphatic carbocycles. The van der Waals surface area contributed by atoms with Crippen molar-refractivity contribution in [1.29, 1.82) is 0 Å². The maximum absolute atomic E-state index is 12.1. The number of ether oxygens (including phenoxy) is 1. The van der Waals surface area contributed by atoms with E-state index >= 15 is 0 Å². The molecule has 1 aromatic rings. The smallest absolute Gasteiger partial charge is 0.330 e. The molecule has 1 saturated carbocycles. The van der Waals surface area contributed by atoms with Crippen LogP contribution in [0.5, 0.6) is 0 Å². The van der Waals surface area contributed by atoms with Crippen LogP contribution in [0.2, 0.25) is 5.02 Å². The third-order valence-electron chi connectivity index (χ3n) is 2.96. The highest BCUT2D eigenvalue weighted by Crippen LogP contribution is 2.37. The molecule has 2 N–H and O–H groups in total. The Morgan fingerprint density at radius 2 is 2.32 bits per heavy atom. The Morgan fingerprint density at radius 1 is 1.63 bits per heavy atom. The van der Waals surface area contributed by atoms with Gasteiger partial charge in [0.15, 0.2) is 6.04 Å². The van der Waals surface area contributed by atoms with Gasteiger partial charge in [0.05, 0.1) is 18.7 Å². The molecule has 1 aliphatic rings. The summed E-state index contributed by atoms with van der Waals surface area (Å²) in [6.07, 6.45) is 3.71. The second-order valence-electron chi connectivity index (χ2n) is 4.41. The molecule has 0 saturated heterocycles. The summed E-state index contributed by atoms with van der Waals surface area (Å²) in [5.74, 6) is -1.14. The minimum Gasteiger partial charge on any atom is -0.467 e. The predicted octanol–water partition coefficient (Wildman–Crippen LogP) is 0.740. The fraction of sp³-hybridized carbons (Fsp3) is 0.500. The summed E-state index contributed by atoms with van der Waals surface area (Å²) in [4.78, 5) is 23.4. The Labute approximate surface area is 115 Å². The zero-order chi connectivity index (χ0) is 14.0. The SMILES string of the molecule is COC(=O)C(CO)NC(=O)c1cc(Cl)cn1C1CC1. The van der Waals surface area contributed by atoms with Gasteiger partial charge >= 0.3 is 5.97 Å². The number of nitrogens with zero attached hydrogens (tertiary/aromatic N) is 1. The van der Waals surface area contributed by atoms with Crippen molar-refractivity contribution in [1.82, 2.24) is 9.88 Å². The number of hydrogen-bond donors (Lipinski definition) is 2. The number of esters is 1. The molecule has 6 nitrogen and oxygen atoms in total. The van der Waals surface area contributed by atoms with Gasteiger partial charge in [-0.15, -0.1) is 0 Å². The quantitative estimate of drug-likeness (QED) is 0.783. The molecule has 0 aliphatic heterocycles. The molecular weight excluding hydrogens is 272 g/mol. The maximum atomic E-state index is 12.1. The number of aliphatic hydroxyl groups excluding tert-OH is 1. The van der Waals surface area contributed by atoms with Crippen LogP contribution in [0, 0.1) is 0 Å². The number of amides is 1. The summed E-state index contributed by atoms with van der Waals surface area (Å²) >= 11 is 5.90. The maximum Gasteiger partial charge on any atom is 0.330 e. The zero-order valence-electron chi connectivity index (χ0n) is 10.4. The number of hydrogen-bond acceptors (Lipinski definition) is 4. The van der Waals surface area contributed by atoms with E-state index in [2.05, 4.69) is 10.1 Å². The lowest BCUT2D eigenvalue weighted by molar-refractivity contribution is -0.143. The Balaban J connectivity index is 2.13. The largest absolute Gasteiger partial charge is 0.467 e. The molecule has 0 radical (unpaired) electrons. The number of carbonyl (C=O) groups excluding carboxylic acids is 2. The first kappa shape index (κ1) is 13.9. The molecule has 0 aromatic carbocycles. The number of methoxy groups -OCH3 is 1. The van der Waals surface area contributed by atoms with Gasteiger partial charge in [0.25, 0.3) is 5.91 Å². The van der Waals surface area contributed by atoms with E-state index in [1.165, 1.54) is 7.11 Å². The first-order valence-corrected chi connectivity index (χ1v) is 6.31. The fourth-order valence-corrected chi connectivity index (χ4v) is 2.04. The zero-order valence-corrected chi connectivity index (χ0v) is 11.2. The van der Waals surface area contributed by atoms with E-state index in [1.807, 2.05) is 0 Å². The summed E-state index contributed by atoms with van der Waals surface area (Å²) in [6.45, 7) is -0.518. The summed E-state index contributed by atoms with van der Waals surface area (Å²) in [6, 6.07) is 0.763. The van der Waals surface area contributed by atoms with E-state index in [1.54, 1.807) is 16.8 Å². The minimum atomic E-state index is -1.07. The molecule has 7 heteroatoms. The first-order valence-electron chi connectivity index (χ1n) is 5.93. The van der Waals surface area contributed by atoms with Crippen LogP contribution in [0.25, 0.3) is 0 Å². The average molecular weight is 287 g/mol. The summed E-state index contributed by atoms with van der Waals surface area (Å²) in [5, 5.41) is 12.0.